The van der Waals surface area contributed by atoms with E-state index in [9.17, 15) is 0 Å². The third-order valence-electron chi connectivity index (χ3n) is 3.70. The van der Waals surface area contributed by atoms with Gasteiger partial charge in [0, 0.05) is 38.4 Å². The molecule has 1 aliphatic rings. The number of hydrogen-bond acceptors (Lipinski definition) is 3. The Morgan fingerprint density at radius 1 is 1.28 bits per heavy atom. The molecule has 18 heavy (non-hydrogen) atoms. The number of aryl methyl sites for hydroxylation is 1. The molecule has 1 heterocycles. The van der Waals surface area contributed by atoms with Gasteiger partial charge in [-0.05, 0) is 38.6 Å². The van der Waals surface area contributed by atoms with Gasteiger partial charge >= 0.3 is 0 Å². The highest BCUT2D eigenvalue weighted by Gasteiger charge is 2.15. The van der Waals surface area contributed by atoms with E-state index in [4.69, 9.17) is 0 Å². The number of hydrogen-bond donors (Lipinski definition) is 1. The average molecular weight is 247 g/mol. The van der Waals surface area contributed by atoms with Gasteiger partial charge in [-0.15, -0.1) is 0 Å². The van der Waals surface area contributed by atoms with Crippen molar-refractivity contribution >= 4 is 5.69 Å². The van der Waals surface area contributed by atoms with Crippen LogP contribution in [0.1, 0.15) is 12.0 Å². The lowest BCUT2D eigenvalue weighted by molar-refractivity contribution is 0.340. The molecule has 1 aliphatic heterocycles. The van der Waals surface area contributed by atoms with Crippen LogP contribution in [0.4, 0.5) is 5.69 Å². The zero-order valence-corrected chi connectivity index (χ0v) is 11.7. The molecule has 3 nitrogen and oxygen atoms in total. The molecule has 0 atom stereocenters. The molecule has 0 radical (unpaired) electrons. The summed E-state index contributed by atoms with van der Waals surface area (Å²) in [4.78, 5) is 4.93. The Morgan fingerprint density at radius 2 is 2.11 bits per heavy atom. The molecule has 100 valence electrons. The zero-order chi connectivity index (χ0) is 12.8. The highest BCUT2D eigenvalue weighted by atomic mass is 15.2. The van der Waals surface area contributed by atoms with E-state index in [1.807, 2.05) is 7.05 Å². The Balaban J connectivity index is 1.87. The summed E-state index contributed by atoms with van der Waals surface area (Å²) >= 11 is 0. The van der Waals surface area contributed by atoms with Crippen molar-refractivity contribution < 1.29 is 0 Å². The fourth-order valence-corrected chi connectivity index (χ4v) is 2.55. The van der Waals surface area contributed by atoms with Crippen molar-refractivity contribution in [3.8, 4) is 0 Å². The molecular weight excluding hydrogens is 222 g/mol. The minimum atomic E-state index is 1.06. The molecule has 0 saturated heterocycles. The Hall–Kier alpha value is -1.06. The molecule has 1 aromatic rings. The lowest BCUT2D eigenvalue weighted by Gasteiger charge is -2.32. The van der Waals surface area contributed by atoms with Gasteiger partial charge in [-0.3, -0.25) is 0 Å². The van der Waals surface area contributed by atoms with Gasteiger partial charge in [-0.1, -0.05) is 18.2 Å². The second kappa shape index (κ2) is 6.76. The Bertz CT molecular complexity index is 365. The van der Waals surface area contributed by atoms with Gasteiger partial charge in [-0.25, -0.2) is 0 Å². The SMILES string of the molecule is CNCCN(C)CCN1CCCc2ccccc21. The van der Waals surface area contributed by atoms with Crippen LogP contribution in [0.3, 0.4) is 0 Å². The van der Waals surface area contributed by atoms with Crippen molar-refractivity contribution in [1.29, 1.82) is 0 Å². The number of nitrogens with zero attached hydrogens (tertiary/aromatic N) is 2. The van der Waals surface area contributed by atoms with Crippen molar-refractivity contribution in [2.75, 3.05) is 51.7 Å². The van der Waals surface area contributed by atoms with Crippen molar-refractivity contribution in [2.24, 2.45) is 0 Å². The van der Waals surface area contributed by atoms with Gasteiger partial charge in [0.1, 0.15) is 0 Å². The minimum absolute atomic E-state index is 1.06. The molecule has 0 amide bonds. The standard InChI is InChI=1S/C15H25N3/c1-16-9-11-17(2)12-13-18-10-5-7-14-6-3-4-8-15(14)18/h3-4,6,8,16H,5,7,9-13H2,1-2H3. The predicted molar refractivity (Wildman–Crippen MR) is 78.4 cm³/mol. The Morgan fingerprint density at radius 3 is 2.94 bits per heavy atom. The predicted octanol–water partition coefficient (Wildman–Crippen LogP) is 1.59. The number of likely N-dealkylation sites (N-methyl/N-ethyl adjacent to an activating group) is 2. The molecular formula is C15H25N3. The first-order valence-corrected chi connectivity index (χ1v) is 6.97. The molecule has 0 fully saturated rings. The summed E-state index contributed by atoms with van der Waals surface area (Å²) in [5.74, 6) is 0. The quantitative estimate of drug-likeness (QED) is 0.823. The van der Waals surface area contributed by atoms with Crippen LogP contribution in [-0.2, 0) is 6.42 Å². The summed E-state index contributed by atoms with van der Waals surface area (Å²) in [7, 11) is 4.21. The van der Waals surface area contributed by atoms with Gasteiger partial charge in [0.15, 0.2) is 0 Å². The van der Waals surface area contributed by atoms with E-state index in [0.717, 1.165) is 26.2 Å². The number of anilines is 1. The van der Waals surface area contributed by atoms with Crippen molar-refractivity contribution in [1.82, 2.24) is 10.2 Å². The fourth-order valence-electron chi connectivity index (χ4n) is 2.55. The second-order valence-corrected chi connectivity index (χ2v) is 5.13. The topological polar surface area (TPSA) is 18.5 Å². The highest BCUT2D eigenvalue weighted by Crippen LogP contribution is 2.26. The van der Waals surface area contributed by atoms with E-state index < -0.39 is 0 Å². The molecule has 2 rings (SSSR count). The van der Waals surface area contributed by atoms with Crippen LogP contribution in [0.2, 0.25) is 0 Å². The number of fused-ring (bicyclic) bond motifs is 1. The van der Waals surface area contributed by atoms with E-state index in [0.29, 0.717) is 0 Å². The maximum atomic E-state index is 3.20. The Kier molecular flexibility index (Phi) is 5.02. The van der Waals surface area contributed by atoms with E-state index in [1.165, 1.54) is 30.6 Å². The molecule has 0 bridgehead atoms. The summed E-state index contributed by atoms with van der Waals surface area (Å²) in [6.45, 7) is 5.66. The molecule has 0 spiro atoms. The van der Waals surface area contributed by atoms with Crippen LogP contribution >= 0.6 is 0 Å². The largest absolute Gasteiger partial charge is 0.370 e. The lowest BCUT2D eigenvalue weighted by atomic mass is 10.0. The monoisotopic (exact) mass is 247 g/mol. The van der Waals surface area contributed by atoms with Gasteiger partial charge in [0.05, 0.1) is 0 Å². The van der Waals surface area contributed by atoms with E-state index in [-0.39, 0.29) is 0 Å². The van der Waals surface area contributed by atoms with Crippen LogP contribution in [0.15, 0.2) is 24.3 Å². The summed E-state index contributed by atoms with van der Waals surface area (Å²) in [6, 6.07) is 8.84. The first-order valence-electron chi connectivity index (χ1n) is 6.97. The summed E-state index contributed by atoms with van der Waals surface area (Å²) in [5.41, 5.74) is 2.97. The van der Waals surface area contributed by atoms with Gasteiger partial charge < -0.3 is 15.1 Å². The van der Waals surface area contributed by atoms with Crippen LogP contribution in [0.25, 0.3) is 0 Å². The minimum Gasteiger partial charge on any atom is -0.370 e. The third-order valence-corrected chi connectivity index (χ3v) is 3.70. The first kappa shape index (κ1) is 13.4. The number of rotatable bonds is 6. The molecule has 0 unspecified atom stereocenters. The normalized spacial score (nSPS) is 14.9. The maximum Gasteiger partial charge on any atom is 0.0399 e. The fraction of sp³-hybridized carbons (Fsp3) is 0.600. The van der Waals surface area contributed by atoms with E-state index in [1.54, 1.807) is 0 Å². The summed E-state index contributed by atoms with van der Waals surface area (Å²) in [5, 5.41) is 3.20. The third kappa shape index (κ3) is 3.47. The van der Waals surface area contributed by atoms with E-state index in [2.05, 4.69) is 46.4 Å². The van der Waals surface area contributed by atoms with E-state index >= 15 is 0 Å². The van der Waals surface area contributed by atoms with Crippen molar-refractivity contribution in [3.63, 3.8) is 0 Å². The number of para-hydroxylation sites is 1. The zero-order valence-electron chi connectivity index (χ0n) is 11.7. The van der Waals surface area contributed by atoms with Crippen LogP contribution in [-0.4, -0.2) is 51.7 Å². The van der Waals surface area contributed by atoms with Gasteiger partial charge in [0.2, 0.25) is 0 Å². The number of nitrogens with one attached hydrogen (secondary N) is 1. The highest BCUT2D eigenvalue weighted by molar-refractivity contribution is 5.55. The molecule has 1 N–H and O–H groups in total. The molecule has 0 saturated carbocycles. The van der Waals surface area contributed by atoms with Crippen molar-refractivity contribution in [3.05, 3.63) is 29.8 Å². The van der Waals surface area contributed by atoms with Crippen LogP contribution < -0.4 is 10.2 Å². The molecule has 0 aromatic heterocycles. The molecule has 1 aromatic carbocycles. The molecule has 0 aliphatic carbocycles. The molecule has 3 heteroatoms. The van der Waals surface area contributed by atoms with Crippen LogP contribution in [0, 0.1) is 0 Å². The summed E-state index contributed by atoms with van der Waals surface area (Å²) < 4.78 is 0. The maximum absolute atomic E-state index is 3.20. The smallest absolute Gasteiger partial charge is 0.0399 e. The summed E-state index contributed by atoms with van der Waals surface area (Å²) in [6.07, 6.45) is 2.53. The number of benzene rings is 1. The van der Waals surface area contributed by atoms with Gasteiger partial charge in [-0.2, -0.15) is 0 Å². The van der Waals surface area contributed by atoms with Gasteiger partial charge in [0.25, 0.3) is 0 Å². The van der Waals surface area contributed by atoms with Crippen molar-refractivity contribution in [2.45, 2.75) is 12.8 Å². The van der Waals surface area contributed by atoms with Crippen LogP contribution in [0.5, 0.6) is 0 Å². The lowest BCUT2D eigenvalue weighted by Crippen LogP contribution is -2.38. The average Bonchev–Trinajstić information content (AvgIpc) is 2.42. The second-order valence-electron chi connectivity index (χ2n) is 5.13. The Labute approximate surface area is 111 Å². The first-order chi connectivity index (χ1) is 8.81.